The second-order valence-corrected chi connectivity index (χ2v) is 7.60. The first-order chi connectivity index (χ1) is 16.1. The summed E-state index contributed by atoms with van der Waals surface area (Å²) in [5, 5.41) is 31.5. The van der Waals surface area contributed by atoms with Crippen molar-refractivity contribution in [3.8, 4) is 0 Å². The molecule has 0 fully saturated rings. The van der Waals surface area contributed by atoms with Gasteiger partial charge < -0.3 is 5.21 Å². The molecule has 13 heteroatoms. The Kier molecular flexibility index (Phi) is 7.58. The molecule has 12 nitrogen and oxygen atoms in total. The maximum atomic E-state index is 12.7. The molecular formula is C21H19ClN6O6. The van der Waals surface area contributed by atoms with Crippen LogP contribution in [0.15, 0.2) is 63.9 Å². The highest BCUT2D eigenvalue weighted by molar-refractivity contribution is 6.30. The van der Waals surface area contributed by atoms with Gasteiger partial charge >= 0.3 is 0 Å². The van der Waals surface area contributed by atoms with Crippen LogP contribution >= 0.6 is 11.6 Å². The molecule has 0 saturated heterocycles. The van der Waals surface area contributed by atoms with Crippen LogP contribution < -0.4 is 10.1 Å². The van der Waals surface area contributed by atoms with Crippen molar-refractivity contribution in [1.82, 2.24) is 5.01 Å². The molecule has 0 aliphatic carbocycles. The van der Waals surface area contributed by atoms with Crippen molar-refractivity contribution in [2.45, 2.75) is 26.3 Å². The van der Waals surface area contributed by atoms with Gasteiger partial charge in [0.15, 0.2) is 11.7 Å². The molecule has 2 unspecified atom stereocenters. The number of benzene rings is 2. The second-order valence-electron chi connectivity index (χ2n) is 7.16. The highest BCUT2D eigenvalue weighted by Crippen LogP contribution is 2.22. The fourth-order valence-electron chi connectivity index (χ4n) is 3.07. The van der Waals surface area contributed by atoms with Crippen molar-refractivity contribution in [3.63, 3.8) is 0 Å². The monoisotopic (exact) mass is 486 g/mol. The second kappa shape index (κ2) is 10.4. The van der Waals surface area contributed by atoms with Gasteiger partial charge in [0.1, 0.15) is 6.42 Å². The van der Waals surface area contributed by atoms with Gasteiger partial charge in [0.2, 0.25) is 11.8 Å². The maximum absolute atomic E-state index is 12.7. The lowest BCUT2D eigenvalue weighted by atomic mass is 10.2. The van der Waals surface area contributed by atoms with Crippen molar-refractivity contribution in [2.24, 2.45) is 15.3 Å². The van der Waals surface area contributed by atoms with Gasteiger partial charge in [0.05, 0.1) is 17.1 Å². The minimum absolute atomic E-state index is 0.00869. The number of quaternary nitrogens is 1. The Balaban J connectivity index is 1.72. The Morgan fingerprint density at radius 2 is 1.91 bits per heavy atom. The summed E-state index contributed by atoms with van der Waals surface area (Å²) >= 11 is 5.83. The van der Waals surface area contributed by atoms with Crippen LogP contribution in [0.3, 0.4) is 0 Å². The number of imide groups is 2. The molecule has 4 amide bonds. The number of carbonyl (C=O) groups excluding carboxylic acids is 4. The molecule has 1 aliphatic rings. The molecule has 0 saturated carbocycles. The average Bonchev–Trinajstić information content (AvgIpc) is 3.07. The van der Waals surface area contributed by atoms with Gasteiger partial charge in [-0.3, -0.25) is 24.1 Å². The highest BCUT2D eigenvalue weighted by Gasteiger charge is 2.39. The number of hydrazone groups is 1. The average molecular weight is 487 g/mol. The number of nitrogens with one attached hydrogen (secondary N) is 1. The van der Waals surface area contributed by atoms with E-state index in [4.69, 9.17) is 16.8 Å². The minimum Gasteiger partial charge on any atom is -0.595 e. The van der Waals surface area contributed by atoms with Crippen LogP contribution in [0.1, 0.15) is 20.3 Å². The third-order valence-electron chi connectivity index (χ3n) is 4.67. The quantitative estimate of drug-likeness (QED) is 0.360. The molecule has 34 heavy (non-hydrogen) atoms. The number of rotatable bonds is 6. The van der Waals surface area contributed by atoms with Gasteiger partial charge in [-0.05, 0) is 37.3 Å². The van der Waals surface area contributed by atoms with E-state index >= 15 is 0 Å². The Hall–Kier alpha value is -3.84. The van der Waals surface area contributed by atoms with Crippen molar-refractivity contribution in [2.75, 3.05) is 4.90 Å². The van der Waals surface area contributed by atoms with Crippen LogP contribution in [0.25, 0.3) is 0 Å². The van der Waals surface area contributed by atoms with Crippen molar-refractivity contribution in [3.05, 3.63) is 58.8 Å². The minimum atomic E-state index is -1.22. The molecule has 0 spiro atoms. The summed E-state index contributed by atoms with van der Waals surface area (Å²) in [6.45, 7) is 2.62. The van der Waals surface area contributed by atoms with E-state index in [1.165, 1.54) is 55.5 Å². The number of carbonyl (C=O) groups is 4. The zero-order valence-electron chi connectivity index (χ0n) is 18.0. The van der Waals surface area contributed by atoms with Gasteiger partial charge in [-0.1, -0.05) is 17.7 Å². The summed E-state index contributed by atoms with van der Waals surface area (Å²) in [4.78, 5) is 50.8. The standard InChI is InChI=1S/C21H19ClN6O6/c1-12-20(24-23-15-4-3-5-17(10-15)28(33)34)21(32)27(25-12)19(31)11-18(30)26(13(2)29)16-8-6-14(22)7-9-16/h3-10,20,28,33H,11H2,1-2H3. The number of hydrogen-bond donors (Lipinski definition) is 2. The summed E-state index contributed by atoms with van der Waals surface area (Å²) in [6.07, 6.45) is -0.796. The first kappa shape index (κ1) is 24.8. The van der Waals surface area contributed by atoms with E-state index in [9.17, 15) is 24.4 Å². The van der Waals surface area contributed by atoms with Gasteiger partial charge in [0, 0.05) is 24.1 Å². The van der Waals surface area contributed by atoms with Crippen LogP contribution in [-0.2, 0) is 19.2 Å². The SMILES string of the molecule is CC(=O)N(C(=O)CC(=O)N1N=C(C)C(N=Nc2cccc([NH+]([O-])O)c2)C1=O)c1ccc(Cl)cc1. The van der Waals surface area contributed by atoms with E-state index in [0.717, 1.165) is 11.8 Å². The lowest BCUT2D eigenvalue weighted by molar-refractivity contribution is -0.991. The number of azo groups is 1. The van der Waals surface area contributed by atoms with Crippen molar-refractivity contribution in [1.29, 1.82) is 0 Å². The summed E-state index contributed by atoms with van der Waals surface area (Å²) in [7, 11) is 0. The zero-order valence-corrected chi connectivity index (χ0v) is 18.8. The number of nitrogens with zero attached hydrogens (tertiary/aromatic N) is 5. The molecule has 2 aromatic rings. The van der Waals surface area contributed by atoms with Crippen molar-refractivity contribution < 1.29 is 29.6 Å². The summed E-state index contributed by atoms with van der Waals surface area (Å²) in [5.74, 6) is -3.24. The third kappa shape index (κ3) is 5.55. The van der Waals surface area contributed by atoms with Gasteiger partial charge in [-0.2, -0.15) is 25.6 Å². The number of halogens is 1. The van der Waals surface area contributed by atoms with Gasteiger partial charge in [-0.15, -0.1) is 0 Å². The van der Waals surface area contributed by atoms with E-state index < -0.39 is 41.3 Å². The van der Waals surface area contributed by atoms with Crippen LogP contribution in [0.5, 0.6) is 0 Å². The fourth-order valence-corrected chi connectivity index (χ4v) is 3.19. The van der Waals surface area contributed by atoms with E-state index in [0.29, 0.717) is 10.0 Å². The van der Waals surface area contributed by atoms with E-state index in [1.807, 2.05) is 0 Å². The smallest absolute Gasteiger partial charge is 0.282 e. The Morgan fingerprint density at radius 1 is 1.24 bits per heavy atom. The van der Waals surface area contributed by atoms with Crippen LogP contribution in [-0.4, -0.2) is 45.6 Å². The lowest BCUT2D eigenvalue weighted by Crippen LogP contribution is -2.99. The molecular weight excluding hydrogens is 468 g/mol. The fraction of sp³-hybridized carbons (Fsp3) is 0.190. The van der Waals surface area contributed by atoms with Gasteiger partial charge in [-0.25, -0.2) is 5.21 Å². The molecule has 2 aromatic carbocycles. The molecule has 2 atom stereocenters. The topological polar surface area (TPSA) is 160 Å². The lowest BCUT2D eigenvalue weighted by Gasteiger charge is -2.20. The molecule has 1 aliphatic heterocycles. The number of amides is 4. The van der Waals surface area contributed by atoms with E-state index in [2.05, 4.69) is 15.3 Å². The van der Waals surface area contributed by atoms with Gasteiger partial charge in [0.25, 0.3) is 11.8 Å². The summed E-state index contributed by atoms with van der Waals surface area (Å²) in [6, 6.07) is 10.3. The van der Waals surface area contributed by atoms with Crippen LogP contribution in [0.2, 0.25) is 5.02 Å². The first-order valence-corrected chi connectivity index (χ1v) is 10.2. The summed E-state index contributed by atoms with van der Waals surface area (Å²) < 4.78 is 0. The number of anilines is 1. The largest absolute Gasteiger partial charge is 0.595 e. The Labute approximate surface area is 198 Å². The van der Waals surface area contributed by atoms with E-state index in [-0.39, 0.29) is 22.8 Å². The highest BCUT2D eigenvalue weighted by atomic mass is 35.5. The normalized spacial score (nSPS) is 16.5. The molecule has 0 radical (unpaired) electrons. The molecule has 0 bridgehead atoms. The first-order valence-electron chi connectivity index (χ1n) is 9.83. The molecule has 0 aromatic heterocycles. The van der Waals surface area contributed by atoms with E-state index in [1.54, 1.807) is 0 Å². The zero-order chi connectivity index (χ0) is 25.0. The number of hydrogen-bond acceptors (Lipinski definition) is 9. The molecule has 1 heterocycles. The van der Waals surface area contributed by atoms with Crippen molar-refractivity contribution >= 4 is 58.0 Å². The van der Waals surface area contributed by atoms with Crippen LogP contribution in [0, 0.1) is 5.21 Å². The predicted octanol–water partition coefficient (Wildman–Crippen LogP) is 1.91. The summed E-state index contributed by atoms with van der Waals surface area (Å²) in [5.41, 5.74) is 0.564. The van der Waals surface area contributed by atoms with Crippen LogP contribution in [0.4, 0.5) is 17.1 Å². The third-order valence-corrected chi connectivity index (χ3v) is 4.92. The molecule has 3 rings (SSSR count). The maximum Gasteiger partial charge on any atom is 0.282 e. The predicted molar refractivity (Wildman–Crippen MR) is 120 cm³/mol. The Morgan fingerprint density at radius 3 is 2.53 bits per heavy atom. The molecule has 2 N–H and O–H groups in total. The Bertz CT molecular complexity index is 1200. The molecule has 176 valence electrons.